The zero-order valence-electron chi connectivity index (χ0n) is 23.4. The molecule has 1 fully saturated rings. The van der Waals surface area contributed by atoms with E-state index in [1.54, 1.807) is 56.3 Å². The molecule has 0 unspecified atom stereocenters. The Bertz CT molecular complexity index is 1490. The van der Waals surface area contributed by atoms with Crippen molar-refractivity contribution in [3.63, 3.8) is 0 Å². The molecule has 218 valence electrons. The zero-order valence-corrected chi connectivity index (χ0v) is 25.0. The Morgan fingerprint density at radius 3 is 2.24 bits per heavy atom. The molecule has 0 aliphatic heterocycles. The lowest BCUT2D eigenvalue weighted by Gasteiger charge is -2.33. The number of carbonyl (C=O) groups excluding carboxylic acids is 2. The van der Waals surface area contributed by atoms with Crippen LogP contribution < -0.4 is 9.62 Å². The Morgan fingerprint density at radius 1 is 1.00 bits per heavy atom. The van der Waals surface area contributed by atoms with E-state index in [9.17, 15) is 22.4 Å². The molecule has 0 bridgehead atoms. The second-order valence-corrected chi connectivity index (χ2v) is 12.9. The van der Waals surface area contributed by atoms with Crippen molar-refractivity contribution in [3.05, 3.63) is 94.3 Å². The summed E-state index contributed by atoms with van der Waals surface area (Å²) in [6, 6.07) is 16.0. The van der Waals surface area contributed by atoms with Gasteiger partial charge in [0.25, 0.3) is 10.0 Å². The first-order valence-electron chi connectivity index (χ1n) is 13.7. The fourth-order valence-corrected chi connectivity index (χ4v) is 6.72. The van der Waals surface area contributed by atoms with Crippen LogP contribution in [0.4, 0.5) is 10.1 Å². The molecule has 41 heavy (non-hydrogen) atoms. The number of nitrogens with zero attached hydrogens (tertiary/aromatic N) is 2. The molecule has 1 aliphatic rings. The average molecular weight is 600 g/mol. The van der Waals surface area contributed by atoms with Gasteiger partial charge in [-0.25, -0.2) is 12.8 Å². The van der Waals surface area contributed by atoms with E-state index in [1.165, 1.54) is 29.2 Å². The highest BCUT2D eigenvalue weighted by Gasteiger charge is 2.34. The zero-order chi connectivity index (χ0) is 29.7. The summed E-state index contributed by atoms with van der Waals surface area (Å²) in [5.41, 5.74) is 2.36. The van der Waals surface area contributed by atoms with Gasteiger partial charge in [0.2, 0.25) is 11.8 Å². The first-order chi connectivity index (χ1) is 19.5. The number of nitrogens with one attached hydrogen (secondary N) is 1. The van der Waals surface area contributed by atoms with Crippen LogP contribution >= 0.6 is 11.6 Å². The van der Waals surface area contributed by atoms with Gasteiger partial charge in [-0.05, 0) is 87.2 Å². The third kappa shape index (κ3) is 7.45. The lowest BCUT2D eigenvalue weighted by atomic mass is 10.1. The SMILES string of the molecule is Cc1ccc(S(=O)(=O)N(CC(=O)N(Cc2ccc(F)cc2)[C@H](C)C(=O)NC2CCCC2)c2ccc(Cl)cc2C)cc1. The van der Waals surface area contributed by atoms with Crippen molar-refractivity contribution in [1.82, 2.24) is 10.2 Å². The quantitative estimate of drug-likeness (QED) is 0.321. The minimum Gasteiger partial charge on any atom is -0.352 e. The van der Waals surface area contributed by atoms with E-state index < -0.39 is 34.3 Å². The smallest absolute Gasteiger partial charge is 0.264 e. The molecule has 1 saturated carbocycles. The number of sulfonamides is 1. The Hall–Kier alpha value is -3.43. The molecule has 3 aromatic rings. The standard InChI is InChI=1S/C31H35ClFN3O4S/c1-21-8-15-28(16-9-21)41(39,40)36(29-17-12-25(32)18-22(29)2)20-30(37)35(19-24-10-13-26(33)14-11-24)23(3)31(38)34-27-6-4-5-7-27/h8-18,23,27H,4-7,19-20H2,1-3H3,(H,34,38)/t23-/m1/s1. The molecule has 0 aromatic heterocycles. The molecule has 3 aromatic carbocycles. The monoisotopic (exact) mass is 599 g/mol. The molecule has 1 aliphatic carbocycles. The first kappa shape index (κ1) is 30.5. The van der Waals surface area contributed by atoms with E-state index in [2.05, 4.69) is 5.32 Å². The summed E-state index contributed by atoms with van der Waals surface area (Å²) in [5, 5.41) is 3.46. The van der Waals surface area contributed by atoms with Crippen molar-refractivity contribution in [3.8, 4) is 0 Å². The van der Waals surface area contributed by atoms with Crippen molar-refractivity contribution >= 4 is 39.1 Å². The molecule has 0 heterocycles. The lowest BCUT2D eigenvalue weighted by Crippen LogP contribution is -2.52. The normalized spacial score (nSPS) is 14.5. The van der Waals surface area contributed by atoms with Gasteiger partial charge in [0.05, 0.1) is 10.6 Å². The Morgan fingerprint density at radius 2 is 1.63 bits per heavy atom. The fraction of sp³-hybridized carbons (Fsp3) is 0.355. The van der Waals surface area contributed by atoms with E-state index in [0.717, 1.165) is 35.6 Å². The van der Waals surface area contributed by atoms with Gasteiger partial charge in [-0.15, -0.1) is 0 Å². The second-order valence-electron chi connectivity index (χ2n) is 10.6. The minimum atomic E-state index is -4.19. The summed E-state index contributed by atoms with van der Waals surface area (Å²) in [6.07, 6.45) is 3.82. The average Bonchev–Trinajstić information content (AvgIpc) is 3.44. The molecular weight excluding hydrogens is 565 g/mol. The highest BCUT2D eigenvalue weighted by molar-refractivity contribution is 7.92. The van der Waals surface area contributed by atoms with Crippen LogP contribution in [-0.2, 0) is 26.2 Å². The highest BCUT2D eigenvalue weighted by Crippen LogP contribution is 2.29. The van der Waals surface area contributed by atoms with Crippen LogP contribution in [0.15, 0.2) is 71.6 Å². The van der Waals surface area contributed by atoms with Crippen LogP contribution in [0.2, 0.25) is 5.02 Å². The van der Waals surface area contributed by atoms with Crippen molar-refractivity contribution in [2.45, 2.75) is 70.0 Å². The van der Waals surface area contributed by atoms with Crippen molar-refractivity contribution < 1.29 is 22.4 Å². The van der Waals surface area contributed by atoms with Crippen molar-refractivity contribution in [2.24, 2.45) is 0 Å². The van der Waals surface area contributed by atoms with Crippen LogP contribution in [0.25, 0.3) is 0 Å². The van der Waals surface area contributed by atoms with Gasteiger partial charge in [0, 0.05) is 17.6 Å². The van der Waals surface area contributed by atoms with Gasteiger partial charge in [-0.2, -0.15) is 0 Å². The lowest BCUT2D eigenvalue weighted by molar-refractivity contribution is -0.139. The van der Waals surface area contributed by atoms with Crippen molar-refractivity contribution in [2.75, 3.05) is 10.8 Å². The Labute approximate surface area is 246 Å². The maximum absolute atomic E-state index is 14.0. The van der Waals surface area contributed by atoms with Crippen molar-refractivity contribution in [1.29, 1.82) is 0 Å². The highest BCUT2D eigenvalue weighted by atomic mass is 35.5. The van der Waals surface area contributed by atoms with Crippen LogP contribution in [-0.4, -0.2) is 43.8 Å². The third-order valence-electron chi connectivity index (χ3n) is 7.45. The number of aryl methyl sites for hydroxylation is 2. The van der Waals surface area contributed by atoms with Crippen LogP contribution in [0, 0.1) is 19.7 Å². The van der Waals surface area contributed by atoms with Gasteiger partial charge in [-0.1, -0.05) is 54.3 Å². The van der Waals surface area contributed by atoms with Crippen LogP contribution in [0.5, 0.6) is 0 Å². The number of amides is 2. The van der Waals surface area contributed by atoms with Gasteiger partial charge in [-0.3, -0.25) is 13.9 Å². The number of rotatable bonds is 10. The topological polar surface area (TPSA) is 86.8 Å². The van der Waals surface area contributed by atoms with E-state index in [0.29, 0.717) is 21.8 Å². The van der Waals surface area contributed by atoms with E-state index in [4.69, 9.17) is 11.6 Å². The predicted octanol–water partition coefficient (Wildman–Crippen LogP) is 5.77. The second kappa shape index (κ2) is 13.0. The molecule has 1 N–H and O–H groups in total. The summed E-state index contributed by atoms with van der Waals surface area (Å²) < 4.78 is 42.6. The van der Waals surface area contributed by atoms with Crippen LogP contribution in [0.1, 0.15) is 49.3 Å². The molecular formula is C31H35ClFN3O4S. The number of hydrogen-bond donors (Lipinski definition) is 1. The molecule has 0 saturated heterocycles. The fourth-order valence-electron chi connectivity index (χ4n) is 5.01. The van der Waals surface area contributed by atoms with E-state index in [-0.39, 0.29) is 23.4 Å². The summed E-state index contributed by atoms with van der Waals surface area (Å²) in [6.45, 7) is 4.64. The maximum atomic E-state index is 14.0. The molecule has 1 atom stereocenters. The number of benzene rings is 3. The molecule has 7 nitrogen and oxygen atoms in total. The Kier molecular flexibility index (Phi) is 9.71. The molecule has 0 radical (unpaired) electrons. The number of halogens is 2. The molecule has 0 spiro atoms. The van der Waals surface area contributed by atoms with E-state index in [1.807, 2.05) is 6.92 Å². The van der Waals surface area contributed by atoms with Gasteiger partial charge in [0.15, 0.2) is 0 Å². The van der Waals surface area contributed by atoms with Gasteiger partial charge < -0.3 is 10.2 Å². The number of carbonyl (C=O) groups is 2. The summed E-state index contributed by atoms with van der Waals surface area (Å²) >= 11 is 6.16. The Balaban J connectivity index is 1.70. The maximum Gasteiger partial charge on any atom is 0.264 e. The predicted molar refractivity (Wildman–Crippen MR) is 159 cm³/mol. The summed E-state index contributed by atoms with van der Waals surface area (Å²) in [4.78, 5) is 28.7. The first-order valence-corrected chi connectivity index (χ1v) is 15.5. The van der Waals surface area contributed by atoms with Crippen LogP contribution in [0.3, 0.4) is 0 Å². The largest absolute Gasteiger partial charge is 0.352 e. The molecule has 10 heteroatoms. The third-order valence-corrected chi connectivity index (χ3v) is 9.46. The number of hydrogen-bond acceptors (Lipinski definition) is 4. The molecule has 2 amide bonds. The minimum absolute atomic E-state index is 0.00359. The molecule has 4 rings (SSSR count). The van der Waals surface area contributed by atoms with E-state index >= 15 is 0 Å². The summed E-state index contributed by atoms with van der Waals surface area (Å²) in [5.74, 6) is -1.32. The van der Waals surface area contributed by atoms with Gasteiger partial charge >= 0.3 is 0 Å². The summed E-state index contributed by atoms with van der Waals surface area (Å²) in [7, 11) is -4.19. The van der Waals surface area contributed by atoms with Gasteiger partial charge in [0.1, 0.15) is 18.4 Å². The number of anilines is 1.